The third kappa shape index (κ3) is 5.43. The summed E-state index contributed by atoms with van der Waals surface area (Å²) in [5.74, 6) is 0.922. The van der Waals surface area contributed by atoms with E-state index in [1.807, 2.05) is 47.4 Å². The summed E-state index contributed by atoms with van der Waals surface area (Å²) >= 11 is 10.9. The van der Waals surface area contributed by atoms with Crippen molar-refractivity contribution in [1.29, 1.82) is 0 Å². The summed E-state index contributed by atoms with van der Waals surface area (Å²) in [6, 6.07) is 20.5. The van der Waals surface area contributed by atoms with Crippen LogP contribution in [-0.4, -0.2) is 46.0 Å². The molecule has 2 amide bonds. The van der Waals surface area contributed by atoms with Gasteiger partial charge in [0.15, 0.2) is 11.0 Å². The summed E-state index contributed by atoms with van der Waals surface area (Å²) in [5, 5.41) is 12.4. The monoisotopic (exact) mass is 611 g/mol. The molecular formula is C27H23BrClN5O3S. The fraction of sp³-hybridized carbons (Fsp3) is 0.185. The molecule has 0 atom stereocenters. The summed E-state index contributed by atoms with van der Waals surface area (Å²) in [7, 11) is 1.58. The molecule has 194 valence electrons. The summed E-state index contributed by atoms with van der Waals surface area (Å²) in [6.45, 7) is 0.744. The van der Waals surface area contributed by atoms with Gasteiger partial charge in [0.05, 0.1) is 35.7 Å². The van der Waals surface area contributed by atoms with E-state index in [1.54, 1.807) is 29.9 Å². The van der Waals surface area contributed by atoms with Crippen LogP contribution in [0.2, 0.25) is 5.02 Å². The molecule has 0 bridgehead atoms. The number of benzene rings is 3. The van der Waals surface area contributed by atoms with Crippen molar-refractivity contribution in [1.82, 2.24) is 20.1 Å². The zero-order chi connectivity index (χ0) is 26.6. The number of hydrogen-bond acceptors (Lipinski definition) is 6. The van der Waals surface area contributed by atoms with E-state index in [-0.39, 0.29) is 24.1 Å². The number of fused-ring (bicyclic) bond motifs is 1. The van der Waals surface area contributed by atoms with Crippen molar-refractivity contribution < 1.29 is 14.3 Å². The lowest BCUT2D eigenvalue weighted by molar-refractivity contribution is -0.116. The quantitative estimate of drug-likeness (QED) is 0.272. The second-order valence-corrected chi connectivity index (χ2v) is 10.7. The second-order valence-electron chi connectivity index (χ2n) is 8.43. The molecule has 0 unspecified atom stereocenters. The minimum absolute atomic E-state index is 0.00586. The smallest absolute Gasteiger partial charge is 0.253 e. The van der Waals surface area contributed by atoms with Crippen LogP contribution in [-0.2, 0) is 17.8 Å². The first-order valence-electron chi connectivity index (χ1n) is 11.8. The molecule has 8 nitrogen and oxygen atoms in total. The topological polar surface area (TPSA) is 89.3 Å². The number of rotatable bonds is 8. The van der Waals surface area contributed by atoms with Crippen molar-refractivity contribution in [2.24, 2.45) is 0 Å². The van der Waals surface area contributed by atoms with Gasteiger partial charge in [-0.05, 0) is 48.4 Å². The minimum Gasteiger partial charge on any atom is -0.495 e. The highest BCUT2D eigenvalue weighted by Gasteiger charge is 2.26. The Morgan fingerprint density at radius 1 is 1.08 bits per heavy atom. The van der Waals surface area contributed by atoms with E-state index in [0.717, 1.165) is 16.6 Å². The van der Waals surface area contributed by atoms with Gasteiger partial charge in [0.2, 0.25) is 5.91 Å². The van der Waals surface area contributed by atoms with E-state index in [1.165, 1.54) is 17.3 Å². The molecule has 5 rings (SSSR count). The standard InChI is InChI=1S/C27H23BrClN5O3S/c1-37-23-9-5-4-8-22(23)34-24(15-30-26(36)19-14-18(28)10-11-20(19)29)31-32-27(34)38-16-25(35)33-13-12-17-6-2-3-7-21(17)33/h2-11,14H,12-13,15-16H2,1H3,(H,30,36). The average Bonchev–Trinajstić information content (AvgIpc) is 3.56. The molecule has 0 fully saturated rings. The van der Waals surface area contributed by atoms with Crippen LogP contribution in [0.5, 0.6) is 5.75 Å². The van der Waals surface area contributed by atoms with Crippen molar-refractivity contribution >= 4 is 56.8 Å². The molecular weight excluding hydrogens is 590 g/mol. The molecule has 4 aromatic rings. The van der Waals surface area contributed by atoms with Crippen molar-refractivity contribution in [2.45, 2.75) is 18.1 Å². The molecule has 0 saturated heterocycles. The van der Waals surface area contributed by atoms with Gasteiger partial charge in [0.25, 0.3) is 5.91 Å². The van der Waals surface area contributed by atoms with Crippen molar-refractivity contribution in [3.8, 4) is 11.4 Å². The maximum atomic E-state index is 13.1. The van der Waals surface area contributed by atoms with Gasteiger partial charge in [-0.2, -0.15) is 0 Å². The number of anilines is 1. The van der Waals surface area contributed by atoms with Gasteiger partial charge >= 0.3 is 0 Å². The number of methoxy groups -OCH3 is 1. The third-order valence-corrected chi connectivity index (χ3v) is 7.86. The molecule has 0 aliphatic carbocycles. The zero-order valence-electron chi connectivity index (χ0n) is 20.4. The Balaban J connectivity index is 1.39. The van der Waals surface area contributed by atoms with Gasteiger partial charge in [0.1, 0.15) is 5.75 Å². The van der Waals surface area contributed by atoms with E-state index in [9.17, 15) is 9.59 Å². The highest BCUT2D eigenvalue weighted by Crippen LogP contribution is 2.31. The van der Waals surface area contributed by atoms with Gasteiger partial charge < -0.3 is 15.0 Å². The van der Waals surface area contributed by atoms with E-state index in [2.05, 4.69) is 37.5 Å². The first-order valence-corrected chi connectivity index (χ1v) is 13.9. The fourth-order valence-electron chi connectivity index (χ4n) is 4.29. The Morgan fingerprint density at radius 3 is 2.66 bits per heavy atom. The third-order valence-electron chi connectivity index (χ3n) is 6.12. The molecule has 2 heterocycles. The van der Waals surface area contributed by atoms with Crippen LogP contribution in [0.3, 0.4) is 0 Å². The van der Waals surface area contributed by atoms with E-state index < -0.39 is 0 Å². The molecule has 1 aromatic heterocycles. The predicted molar refractivity (Wildman–Crippen MR) is 151 cm³/mol. The SMILES string of the molecule is COc1ccccc1-n1c(CNC(=O)c2cc(Br)ccc2Cl)nnc1SCC(=O)N1CCc2ccccc21. The number of aromatic nitrogens is 3. The lowest BCUT2D eigenvalue weighted by atomic mass is 10.2. The predicted octanol–water partition coefficient (Wildman–Crippen LogP) is 5.30. The van der Waals surface area contributed by atoms with E-state index in [4.69, 9.17) is 16.3 Å². The molecule has 38 heavy (non-hydrogen) atoms. The highest BCUT2D eigenvalue weighted by molar-refractivity contribution is 9.10. The average molecular weight is 613 g/mol. The Bertz CT molecular complexity index is 1510. The van der Waals surface area contributed by atoms with E-state index in [0.29, 0.717) is 39.5 Å². The first-order chi connectivity index (χ1) is 18.5. The number of thioether (sulfide) groups is 1. The molecule has 1 aliphatic rings. The fourth-order valence-corrected chi connectivity index (χ4v) is 5.70. The second kappa shape index (κ2) is 11.6. The van der Waals surface area contributed by atoms with Gasteiger partial charge in [-0.3, -0.25) is 14.2 Å². The van der Waals surface area contributed by atoms with Gasteiger partial charge in [-0.15, -0.1) is 10.2 Å². The summed E-state index contributed by atoms with van der Waals surface area (Å²) in [5.41, 5.74) is 3.17. The Hall–Kier alpha value is -3.34. The summed E-state index contributed by atoms with van der Waals surface area (Å²) in [4.78, 5) is 27.8. The number of nitrogens with one attached hydrogen (secondary N) is 1. The van der Waals surface area contributed by atoms with Gasteiger partial charge in [-0.25, -0.2) is 0 Å². The van der Waals surface area contributed by atoms with Crippen molar-refractivity contribution in [2.75, 3.05) is 24.3 Å². The zero-order valence-corrected chi connectivity index (χ0v) is 23.5. The number of para-hydroxylation sites is 3. The first kappa shape index (κ1) is 26.3. The number of amides is 2. The maximum Gasteiger partial charge on any atom is 0.253 e. The van der Waals surface area contributed by atoms with Crippen LogP contribution in [0.4, 0.5) is 5.69 Å². The summed E-state index contributed by atoms with van der Waals surface area (Å²) < 4.78 is 8.12. The normalized spacial score (nSPS) is 12.3. The number of ether oxygens (including phenoxy) is 1. The Morgan fingerprint density at radius 2 is 1.84 bits per heavy atom. The molecule has 0 saturated carbocycles. The Labute approximate surface area is 237 Å². The maximum absolute atomic E-state index is 13.1. The van der Waals surface area contributed by atoms with Crippen LogP contribution >= 0.6 is 39.3 Å². The van der Waals surface area contributed by atoms with Crippen molar-refractivity contribution in [3.05, 3.63) is 93.2 Å². The number of carbonyl (C=O) groups is 2. The van der Waals surface area contributed by atoms with Crippen LogP contribution in [0.1, 0.15) is 21.7 Å². The number of halogens is 2. The highest BCUT2D eigenvalue weighted by atomic mass is 79.9. The Kier molecular flexibility index (Phi) is 8.01. The molecule has 1 aliphatic heterocycles. The van der Waals surface area contributed by atoms with Crippen LogP contribution in [0.15, 0.2) is 76.4 Å². The molecule has 1 N–H and O–H groups in total. The molecule has 0 spiro atoms. The minimum atomic E-state index is -0.344. The van der Waals surface area contributed by atoms with Crippen molar-refractivity contribution in [3.63, 3.8) is 0 Å². The van der Waals surface area contributed by atoms with Gasteiger partial charge in [0, 0.05) is 16.7 Å². The van der Waals surface area contributed by atoms with Crippen LogP contribution in [0.25, 0.3) is 5.69 Å². The summed E-state index contributed by atoms with van der Waals surface area (Å²) in [6.07, 6.45) is 0.843. The molecule has 3 aromatic carbocycles. The number of hydrogen-bond donors (Lipinski definition) is 1. The molecule has 0 radical (unpaired) electrons. The van der Waals surface area contributed by atoms with E-state index >= 15 is 0 Å². The lowest BCUT2D eigenvalue weighted by Crippen LogP contribution is -2.30. The molecule has 11 heteroatoms. The van der Waals surface area contributed by atoms with Crippen LogP contribution < -0.4 is 15.0 Å². The number of carbonyl (C=O) groups excluding carboxylic acids is 2. The largest absolute Gasteiger partial charge is 0.495 e. The number of nitrogens with zero attached hydrogens (tertiary/aromatic N) is 4. The lowest BCUT2D eigenvalue weighted by Gasteiger charge is -2.17. The van der Waals surface area contributed by atoms with Gasteiger partial charge in [-0.1, -0.05) is 69.6 Å². The van der Waals surface area contributed by atoms with Crippen LogP contribution in [0, 0.1) is 0 Å².